The Morgan fingerprint density at radius 3 is 2.24 bits per heavy atom. The molecule has 3 nitrogen and oxygen atoms in total. The molecule has 0 aromatic rings. The molecule has 3 rings (SSSR count). The van der Waals surface area contributed by atoms with E-state index in [1.807, 2.05) is 0 Å². The second kappa shape index (κ2) is 4.97. The van der Waals surface area contributed by atoms with Crippen molar-refractivity contribution in [3.8, 4) is 0 Å². The third kappa shape index (κ3) is 3.70. The number of hydrogen-bond acceptors (Lipinski definition) is 2. The largest absolute Gasteiger partial charge is 0.355 e. The molecule has 3 saturated carbocycles. The van der Waals surface area contributed by atoms with Gasteiger partial charge in [-0.1, -0.05) is 0 Å². The van der Waals surface area contributed by atoms with E-state index in [2.05, 4.69) is 10.6 Å². The maximum absolute atomic E-state index is 11.7. The lowest BCUT2D eigenvalue weighted by Gasteiger charge is -2.16. The number of nitrogens with one attached hydrogen (secondary N) is 2. The molecule has 2 N–H and O–H groups in total. The molecular weight excluding hydrogens is 212 g/mol. The summed E-state index contributed by atoms with van der Waals surface area (Å²) in [5.41, 5.74) is 0. The van der Waals surface area contributed by atoms with Gasteiger partial charge in [-0.3, -0.25) is 4.79 Å². The van der Waals surface area contributed by atoms with Crippen molar-refractivity contribution in [3.63, 3.8) is 0 Å². The Balaban J connectivity index is 1.30. The van der Waals surface area contributed by atoms with Crippen LogP contribution in [0, 0.1) is 23.7 Å². The van der Waals surface area contributed by atoms with Gasteiger partial charge in [-0.25, -0.2) is 0 Å². The second-order valence-electron chi connectivity index (χ2n) is 6.22. The van der Waals surface area contributed by atoms with Gasteiger partial charge in [0, 0.05) is 6.54 Å². The molecule has 17 heavy (non-hydrogen) atoms. The molecular formula is C14H24N2O. The molecule has 0 spiro atoms. The molecule has 3 heteroatoms. The van der Waals surface area contributed by atoms with Crippen LogP contribution < -0.4 is 10.6 Å². The summed E-state index contributed by atoms with van der Waals surface area (Å²) in [6.45, 7) is 2.47. The summed E-state index contributed by atoms with van der Waals surface area (Å²) in [4.78, 5) is 11.7. The van der Waals surface area contributed by atoms with E-state index < -0.39 is 0 Å². The van der Waals surface area contributed by atoms with E-state index >= 15 is 0 Å². The van der Waals surface area contributed by atoms with Crippen LogP contribution >= 0.6 is 0 Å². The number of carbonyl (C=O) groups excluding carboxylic acids is 1. The Labute approximate surface area is 104 Å². The van der Waals surface area contributed by atoms with Gasteiger partial charge in [-0.15, -0.1) is 0 Å². The lowest BCUT2D eigenvalue weighted by Crippen LogP contribution is -2.38. The van der Waals surface area contributed by atoms with E-state index in [9.17, 15) is 4.79 Å². The van der Waals surface area contributed by atoms with Crippen molar-refractivity contribution in [1.29, 1.82) is 0 Å². The highest BCUT2D eigenvalue weighted by atomic mass is 16.1. The average Bonchev–Trinajstić information content (AvgIpc) is 3.12. The molecule has 0 heterocycles. The van der Waals surface area contributed by atoms with E-state index in [0.29, 0.717) is 6.54 Å². The highest BCUT2D eigenvalue weighted by molar-refractivity contribution is 5.77. The normalized spacial score (nSPS) is 24.1. The minimum Gasteiger partial charge on any atom is -0.355 e. The zero-order valence-electron chi connectivity index (χ0n) is 10.6. The predicted octanol–water partition coefficient (Wildman–Crippen LogP) is 1.54. The van der Waals surface area contributed by atoms with Crippen molar-refractivity contribution >= 4 is 5.91 Å². The Kier molecular flexibility index (Phi) is 3.37. The molecule has 3 fully saturated rings. The molecule has 3 aliphatic rings. The van der Waals surface area contributed by atoms with E-state index in [1.165, 1.54) is 38.5 Å². The maximum Gasteiger partial charge on any atom is 0.233 e. The van der Waals surface area contributed by atoms with Crippen molar-refractivity contribution < 1.29 is 4.79 Å². The van der Waals surface area contributed by atoms with Gasteiger partial charge in [0.1, 0.15) is 0 Å². The molecule has 0 atom stereocenters. The first-order chi connectivity index (χ1) is 8.33. The van der Waals surface area contributed by atoms with E-state index in [-0.39, 0.29) is 5.91 Å². The zero-order valence-corrected chi connectivity index (χ0v) is 10.6. The van der Waals surface area contributed by atoms with Crippen molar-refractivity contribution in [1.82, 2.24) is 10.6 Å². The highest BCUT2D eigenvalue weighted by Gasteiger charge is 2.41. The fraction of sp³-hybridized carbons (Fsp3) is 0.929. The Bertz CT molecular complexity index is 268. The Hall–Kier alpha value is -0.570. The lowest BCUT2D eigenvalue weighted by molar-refractivity contribution is -0.120. The summed E-state index contributed by atoms with van der Waals surface area (Å²) in [5.74, 6) is 3.71. The smallest absolute Gasteiger partial charge is 0.233 e. The van der Waals surface area contributed by atoms with Crippen LogP contribution in [0.4, 0.5) is 0 Å². The minimum atomic E-state index is 0.192. The number of hydrogen-bond donors (Lipinski definition) is 2. The van der Waals surface area contributed by atoms with Crippen LogP contribution in [0.5, 0.6) is 0 Å². The second-order valence-corrected chi connectivity index (χ2v) is 6.22. The first-order valence-corrected chi connectivity index (χ1v) is 7.30. The zero-order chi connectivity index (χ0) is 11.7. The van der Waals surface area contributed by atoms with Crippen LogP contribution in [-0.2, 0) is 4.79 Å². The molecule has 0 saturated heterocycles. The van der Waals surface area contributed by atoms with Crippen molar-refractivity contribution in [3.05, 3.63) is 0 Å². The highest BCUT2D eigenvalue weighted by Crippen LogP contribution is 2.48. The molecule has 1 amide bonds. The molecule has 3 aliphatic carbocycles. The van der Waals surface area contributed by atoms with Gasteiger partial charge in [0.25, 0.3) is 0 Å². The molecule has 96 valence electrons. The number of amides is 1. The first kappa shape index (κ1) is 11.5. The van der Waals surface area contributed by atoms with Gasteiger partial charge in [-0.2, -0.15) is 0 Å². The van der Waals surface area contributed by atoms with Gasteiger partial charge in [0.2, 0.25) is 5.91 Å². The van der Waals surface area contributed by atoms with Crippen LogP contribution in [-0.4, -0.2) is 25.5 Å². The van der Waals surface area contributed by atoms with Crippen molar-refractivity contribution in [2.24, 2.45) is 23.7 Å². The van der Waals surface area contributed by atoms with E-state index in [0.717, 1.165) is 36.8 Å². The first-order valence-electron chi connectivity index (χ1n) is 7.30. The quantitative estimate of drug-likeness (QED) is 0.671. The van der Waals surface area contributed by atoms with Gasteiger partial charge in [0.05, 0.1) is 6.54 Å². The Morgan fingerprint density at radius 2 is 1.71 bits per heavy atom. The van der Waals surface area contributed by atoms with Gasteiger partial charge < -0.3 is 10.6 Å². The third-order valence-electron chi connectivity index (χ3n) is 4.41. The number of carbonyl (C=O) groups is 1. The summed E-state index contributed by atoms with van der Waals surface area (Å²) in [6.07, 6.45) is 8.29. The summed E-state index contributed by atoms with van der Waals surface area (Å²) >= 11 is 0. The fourth-order valence-electron chi connectivity index (χ4n) is 2.77. The molecule has 0 aliphatic heterocycles. The van der Waals surface area contributed by atoms with Gasteiger partial charge in [0.15, 0.2) is 0 Å². The van der Waals surface area contributed by atoms with Gasteiger partial charge in [-0.05, 0) is 68.7 Å². The van der Waals surface area contributed by atoms with Crippen LogP contribution in [0.2, 0.25) is 0 Å². The standard InChI is InChI=1S/C14H24N2O/c17-14(9-15-7-10-1-2-10)16-8-13(11-3-4-11)12-5-6-12/h10-13,15H,1-9H2,(H,16,17). The summed E-state index contributed by atoms with van der Waals surface area (Å²) in [5, 5.41) is 6.37. The van der Waals surface area contributed by atoms with Crippen molar-refractivity contribution in [2.45, 2.75) is 38.5 Å². The molecule has 0 bridgehead atoms. The molecule has 0 aromatic carbocycles. The van der Waals surface area contributed by atoms with Crippen LogP contribution in [0.3, 0.4) is 0 Å². The third-order valence-corrected chi connectivity index (χ3v) is 4.41. The van der Waals surface area contributed by atoms with Crippen LogP contribution in [0.15, 0.2) is 0 Å². The van der Waals surface area contributed by atoms with Gasteiger partial charge >= 0.3 is 0 Å². The monoisotopic (exact) mass is 236 g/mol. The summed E-state index contributed by atoms with van der Waals surface area (Å²) in [7, 11) is 0. The average molecular weight is 236 g/mol. The Morgan fingerprint density at radius 1 is 1.06 bits per heavy atom. The minimum absolute atomic E-state index is 0.192. The maximum atomic E-state index is 11.7. The summed E-state index contributed by atoms with van der Waals surface area (Å²) in [6, 6.07) is 0. The molecule has 0 unspecified atom stereocenters. The molecule has 0 aromatic heterocycles. The van der Waals surface area contributed by atoms with Crippen LogP contribution in [0.25, 0.3) is 0 Å². The predicted molar refractivity (Wildman–Crippen MR) is 67.5 cm³/mol. The lowest BCUT2D eigenvalue weighted by atomic mass is 9.98. The summed E-state index contributed by atoms with van der Waals surface area (Å²) < 4.78 is 0. The number of rotatable bonds is 8. The SMILES string of the molecule is O=C(CNCC1CC1)NCC(C1CC1)C1CC1. The van der Waals surface area contributed by atoms with E-state index in [1.54, 1.807) is 0 Å². The topological polar surface area (TPSA) is 41.1 Å². The van der Waals surface area contributed by atoms with Crippen molar-refractivity contribution in [2.75, 3.05) is 19.6 Å². The fourth-order valence-corrected chi connectivity index (χ4v) is 2.77. The van der Waals surface area contributed by atoms with E-state index in [4.69, 9.17) is 0 Å². The molecule has 0 radical (unpaired) electrons. The van der Waals surface area contributed by atoms with Crippen LogP contribution in [0.1, 0.15) is 38.5 Å².